The van der Waals surface area contributed by atoms with Crippen molar-refractivity contribution in [2.45, 2.75) is 25.8 Å². The second kappa shape index (κ2) is 14.2. The molecule has 0 saturated heterocycles. The quantitative estimate of drug-likeness (QED) is 0.144. The Hall–Kier alpha value is -5.43. The zero-order valence-electron chi connectivity index (χ0n) is 24.5. The van der Waals surface area contributed by atoms with Gasteiger partial charge in [-0.05, 0) is 52.7 Å². The first-order chi connectivity index (χ1) is 21.4. The first-order valence-electron chi connectivity index (χ1n) is 14.6. The molecule has 0 aliphatic heterocycles. The molecule has 7 nitrogen and oxygen atoms in total. The van der Waals surface area contributed by atoms with Crippen LogP contribution in [0, 0.1) is 0 Å². The molecule has 0 unspecified atom stereocenters. The number of hydrogen-bond acceptors (Lipinski definition) is 5. The van der Waals surface area contributed by atoms with Crippen LogP contribution in [-0.2, 0) is 16.0 Å². The van der Waals surface area contributed by atoms with Gasteiger partial charge in [0.05, 0.1) is 6.54 Å². The number of ether oxygens (including phenoxy) is 1. The number of carbonyl (C=O) groups excluding carboxylic acids is 2. The molecule has 0 aliphatic carbocycles. The highest BCUT2D eigenvalue weighted by atomic mass is 16.5. The van der Waals surface area contributed by atoms with Crippen molar-refractivity contribution in [2.75, 3.05) is 23.4 Å². The van der Waals surface area contributed by atoms with E-state index < -0.39 is 12.0 Å². The fourth-order valence-corrected chi connectivity index (χ4v) is 5.09. The molecule has 44 heavy (non-hydrogen) atoms. The molecule has 0 bridgehead atoms. The predicted octanol–water partition coefficient (Wildman–Crippen LogP) is 7.00. The van der Waals surface area contributed by atoms with Crippen molar-refractivity contribution in [1.82, 2.24) is 0 Å². The first kappa shape index (κ1) is 30.0. The zero-order chi connectivity index (χ0) is 30.9. The Bertz CT molecular complexity index is 1750. The summed E-state index contributed by atoms with van der Waals surface area (Å²) in [5.74, 6) is -0.575. The molecule has 0 heterocycles. The summed E-state index contributed by atoms with van der Waals surface area (Å²) in [6.07, 6.45) is 0.579. The minimum atomic E-state index is -1.03. The largest absolute Gasteiger partial charge is 0.492 e. The number of nitrogens with zero attached hydrogens (tertiary/aromatic N) is 1. The van der Waals surface area contributed by atoms with Crippen molar-refractivity contribution in [3.63, 3.8) is 0 Å². The van der Waals surface area contributed by atoms with Crippen LogP contribution in [0.25, 0.3) is 10.8 Å². The molecule has 5 aromatic carbocycles. The van der Waals surface area contributed by atoms with E-state index in [0.717, 1.165) is 22.0 Å². The van der Waals surface area contributed by atoms with Gasteiger partial charge in [0.1, 0.15) is 18.4 Å². The lowest BCUT2D eigenvalue weighted by Gasteiger charge is -2.23. The first-order valence-corrected chi connectivity index (χ1v) is 14.6. The number of carbonyl (C=O) groups is 3. The molecule has 5 rings (SSSR count). The van der Waals surface area contributed by atoms with Crippen LogP contribution in [0.2, 0.25) is 0 Å². The van der Waals surface area contributed by atoms with E-state index in [1.165, 1.54) is 0 Å². The minimum absolute atomic E-state index is 0.0125. The molecule has 222 valence electrons. The molecule has 0 fully saturated rings. The topological polar surface area (TPSA) is 95.9 Å². The summed E-state index contributed by atoms with van der Waals surface area (Å²) in [6, 6.07) is 36.1. The summed E-state index contributed by atoms with van der Waals surface area (Å²) in [4.78, 5) is 39.8. The van der Waals surface area contributed by atoms with Gasteiger partial charge in [0.15, 0.2) is 5.78 Å². The Morgan fingerprint density at radius 3 is 2.20 bits per heavy atom. The Morgan fingerprint density at radius 2 is 1.48 bits per heavy atom. The number of benzene rings is 5. The smallest absolute Gasteiger partial charge is 0.326 e. The Balaban J connectivity index is 1.22. The van der Waals surface area contributed by atoms with Crippen LogP contribution in [0.3, 0.4) is 0 Å². The maximum absolute atomic E-state index is 13.1. The van der Waals surface area contributed by atoms with Gasteiger partial charge >= 0.3 is 5.97 Å². The van der Waals surface area contributed by atoms with E-state index in [9.17, 15) is 19.5 Å². The number of fused-ring (bicyclic) bond motifs is 1. The zero-order valence-corrected chi connectivity index (χ0v) is 24.5. The molecule has 0 saturated carbocycles. The SMILES string of the molecule is CCC(=O)N(CCOc1ccc(C[C@H](Nc2ccccc2C(=O)c2ccccc2)C(=O)O)cc1)c1ccc2ccccc2c1. The van der Waals surface area contributed by atoms with Crippen molar-refractivity contribution < 1.29 is 24.2 Å². The van der Waals surface area contributed by atoms with Crippen LogP contribution < -0.4 is 15.0 Å². The molecule has 5 aromatic rings. The number of carboxylic acid groups (broad SMARTS) is 1. The molecule has 0 aliphatic rings. The third-order valence-electron chi connectivity index (χ3n) is 7.43. The van der Waals surface area contributed by atoms with Crippen molar-refractivity contribution in [1.29, 1.82) is 0 Å². The third kappa shape index (κ3) is 7.31. The van der Waals surface area contributed by atoms with Crippen molar-refractivity contribution in [2.24, 2.45) is 0 Å². The highest BCUT2D eigenvalue weighted by molar-refractivity contribution is 6.12. The summed E-state index contributed by atoms with van der Waals surface area (Å²) in [7, 11) is 0. The molecule has 1 atom stereocenters. The number of amides is 1. The number of rotatable bonds is 13. The van der Waals surface area contributed by atoms with E-state index in [4.69, 9.17) is 4.74 Å². The Morgan fingerprint density at radius 1 is 0.795 bits per heavy atom. The Labute approximate surface area is 256 Å². The summed E-state index contributed by atoms with van der Waals surface area (Å²) in [6.45, 7) is 2.53. The van der Waals surface area contributed by atoms with E-state index in [-0.39, 0.29) is 18.1 Å². The monoisotopic (exact) mass is 586 g/mol. The predicted molar refractivity (Wildman–Crippen MR) is 174 cm³/mol. The van der Waals surface area contributed by atoms with Gasteiger partial charge in [0.2, 0.25) is 5.91 Å². The fraction of sp³-hybridized carbons (Fsp3) is 0.162. The number of aliphatic carboxylic acids is 1. The van der Waals surface area contributed by atoms with Gasteiger partial charge < -0.3 is 20.1 Å². The highest BCUT2D eigenvalue weighted by Gasteiger charge is 2.21. The van der Waals surface area contributed by atoms with Crippen LogP contribution >= 0.6 is 0 Å². The Kier molecular flexibility index (Phi) is 9.67. The molecule has 0 spiro atoms. The van der Waals surface area contributed by atoms with Crippen LogP contribution in [0.15, 0.2) is 121 Å². The van der Waals surface area contributed by atoms with Crippen LogP contribution in [-0.4, -0.2) is 42.0 Å². The second-order valence-corrected chi connectivity index (χ2v) is 10.4. The van der Waals surface area contributed by atoms with Gasteiger partial charge in [-0.1, -0.05) is 91.9 Å². The molecular formula is C37H34N2O5. The highest BCUT2D eigenvalue weighted by Crippen LogP contribution is 2.24. The normalized spacial score (nSPS) is 11.5. The third-order valence-corrected chi connectivity index (χ3v) is 7.43. The summed E-state index contributed by atoms with van der Waals surface area (Å²) < 4.78 is 5.96. The number of anilines is 2. The maximum Gasteiger partial charge on any atom is 0.326 e. The number of para-hydroxylation sites is 1. The lowest BCUT2D eigenvalue weighted by molar-refractivity contribution is -0.137. The lowest BCUT2D eigenvalue weighted by Crippen LogP contribution is -2.34. The lowest BCUT2D eigenvalue weighted by atomic mass is 10.00. The van der Waals surface area contributed by atoms with Gasteiger partial charge in [-0.3, -0.25) is 9.59 Å². The van der Waals surface area contributed by atoms with E-state index in [1.54, 1.807) is 65.6 Å². The van der Waals surface area contributed by atoms with E-state index >= 15 is 0 Å². The van der Waals surface area contributed by atoms with E-state index in [1.807, 2.05) is 67.6 Å². The van der Waals surface area contributed by atoms with Crippen molar-refractivity contribution in [3.8, 4) is 5.75 Å². The van der Waals surface area contributed by atoms with E-state index in [0.29, 0.717) is 42.1 Å². The van der Waals surface area contributed by atoms with Crippen LogP contribution in [0.4, 0.5) is 11.4 Å². The minimum Gasteiger partial charge on any atom is -0.492 e. The summed E-state index contributed by atoms with van der Waals surface area (Å²) in [5, 5.41) is 15.2. The average molecular weight is 587 g/mol. The van der Waals surface area contributed by atoms with Gasteiger partial charge in [-0.2, -0.15) is 0 Å². The number of carboxylic acids is 1. The number of nitrogens with one attached hydrogen (secondary N) is 1. The average Bonchev–Trinajstić information content (AvgIpc) is 3.07. The van der Waals surface area contributed by atoms with Crippen LogP contribution in [0.1, 0.15) is 34.8 Å². The van der Waals surface area contributed by atoms with Gasteiger partial charge in [-0.15, -0.1) is 0 Å². The standard InChI is InChI=1S/C37H34N2O5/c1-2-35(40)39(30-19-18-27-10-6-7-13-29(27)25-30)22-23-44-31-20-16-26(17-21-31)24-34(37(42)43)38-33-15-9-8-14-32(33)36(41)28-11-4-3-5-12-28/h3-21,25,34,38H,2,22-24H2,1H3,(H,42,43)/t34-/m0/s1. The maximum atomic E-state index is 13.1. The number of hydrogen-bond donors (Lipinski definition) is 2. The molecule has 2 N–H and O–H groups in total. The van der Waals surface area contributed by atoms with Crippen molar-refractivity contribution in [3.05, 3.63) is 138 Å². The van der Waals surface area contributed by atoms with E-state index in [2.05, 4.69) is 5.32 Å². The van der Waals surface area contributed by atoms with Crippen LogP contribution in [0.5, 0.6) is 5.75 Å². The van der Waals surface area contributed by atoms with Gasteiger partial charge in [0, 0.05) is 35.3 Å². The van der Waals surface area contributed by atoms with Gasteiger partial charge in [-0.25, -0.2) is 4.79 Å². The molecule has 0 aromatic heterocycles. The van der Waals surface area contributed by atoms with Crippen molar-refractivity contribution >= 4 is 39.8 Å². The molecule has 0 radical (unpaired) electrons. The molecular weight excluding hydrogens is 552 g/mol. The van der Waals surface area contributed by atoms with Gasteiger partial charge in [0.25, 0.3) is 0 Å². The molecule has 1 amide bonds. The summed E-state index contributed by atoms with van der Waals surface area (Å²) in [5.41, 5.74) is 3.03. The fourth-order valence-electron chi connectivity index (χ4n) is 5.09. The number of ketones is 1. The molecule has 7 heteroatoms. The second-order valence-electron chi connectivity index (χ2n) is 10.4. The summed E-state index contributed by atoms with van der Waals surface area (Å²) >= 11 is 0.